The van der Waals surface area contributed by atoms with Gasteiger partial charge in [0.25, 0.3) is 5.69 Å². The predicted molar refractivity (Wildman–Crippen MR) is 68.7 cm³/mol. The molecule has 1 heterocycles. The Balaban J connectivity index is 2.17. The minimum absolute atomic E-state index is 0.0467. The van der Waals surface area contributed by atoms with Crippen molar-refractivity contribution in [1.82, 2.24) is 0 Å². The Morgan fingerprint density at radius 1 is 1.37 bits per heavy atom. The van der Waals surface area contributed by atoms with Crippen LogP contribution in [-0.2, 0) is 6.61 Å². The van der Waals surface area contributed by atoms with Gasteiger partial charge in [-0.1, -0.05) is 12.1 Å². The number of ether oxygens (including phenoxy) is 1. The van der Waals surface area contributed by atoms with Gasteiger partial charge in [0.15, 0.2) is 4.88 Å². The molecule has 7 heteroatoms. The van der Waals surface area contributed by atoms with Gasteiger partial charge < -0.3 is 9.84 Å². The Morgan fingerprint density at radius 2 is 2.11 bits per heavy atom. The van der Waals surface area contributed by atoms with E-state index in [0.717, 1.165) is 11.3 Å². The zero-order valence-corrected chi connectivity index (χ0v) is 10.4. The molecule has 2 rings (SSSR count). The number of carbonyl (C=O) groups is 1. The van der Waals surface area contributed by atoms with Crippen molar-refractivity contribution in [1.29, 1.82) is 0 Å². The number of rotatable bonds is 5. The fourth-order valence-corrected chi connectivity index (χ4v) is 2.21. The van der Waals surface area contributed by atoms with Crippen molar-refractivity contribution in [3.63, 3.8) is 0 Å². The van der Waals surface area contributed by atoms with Crippen molar-refractivity contribution >= 4 is 23.0 Å². The molecule has 0 radical (unpaired) electrons. The quantitative estimate of drug-likeness (QED) is 0.671. The number of thiophene rings is 1. The first-order valence-electron chi connectivity index (χ1n) is 5.25. The highest BCUT2D eigenvalue weighted by Crippen LogP contribution is 2.27. The largest absolute Gasteiger partial charge is 0.487 e. The third-order valence-corrected chi connectivity index (χ3v) is 3.28. The van der Waals surface area contributed by atoms with E-state index in [1.807, 2.05) is 0 Å². The first-order chi connectivity index (χ1) is 9.09. The lowest BCUT2D eigenvalue weighted by atomic mass is 10.2. The van der Waals surface area contributed by atoms with Crippen LogP contribution in [0, 0.1) is 10.1 Å². The van der Waals surface area contributed by atoms with E-state index in [-0.39, 0.29) is 22.9 Å². The maximum atomic E-state index is 10.9. The standard InChI is InChI=1S/C12H9NO5S/c14-12(15)11-10(5-6-19-11)18-7-8-3-1-2-4-9(8)13(16)17/h1-6H,7H2,(H,14,15). The molecule has 1 aromatic heterocycles. The van der Waals surface area contributed by atoms with E-state index in [4.69, 9.17) is 9.84 Å². The van der Waals surface area contributed by atoms with Gasteiger partial charge in [0.05, 0.1) is 10.5 Å². The van der Waals surface area contributed by atoms with Crippen LogP contribution in [0.1, 0.15) is 15.2 Å². The van der Waals surface area contributed by atoms with Crippen LogP contribution in [0.5, 0.6) is 5.75 Å². The highest BCUT2D eigenvalue weighted by atomic mass is 32.1. The average molecular weight is 279 g/mol. The number of carboxylic acid groups (broad SMARTS) is 1. The molecular weight excluding hydrogens is 270 g/mol. The van der Waals surface area contributed by atoms with Gasteiger partial charge in [0.2, 0.25) is 0 Å². The van der Waals surface area contributed by atoms with Gasteiger partial charge in [-0.3, -0.25) is 10.1 Å². The van der Waals surface area contributed by atoms with Crippen LogP contribution < -0.4 is 4.74 Å². The van der Waals surface area contributed by atoms with Crippen LogP contribution in [0.25, 0.3) is 0 Å². The number of nitrogens with zero attached hydrogens (tertiary/aromatic N) is 1. The molecule has 0 aliphatic rings. The number of nitro benzene ring substituents is 1. The summed E-state index contributed by atoms with van der Waals surface area (Å²) in [6.45, 7) is -0.0475. The summed E-state index contributed by atoms with van der Waals surface area (Å²) in [5.41, 5.74) is 0.352. The van der Waals surface area contributed by atoms with Crippen LogP contribution in [-0.4, -0.2) is 16.0 Å². The topological polar surface area (TPSA) is 89.7 Å². The summed E-state index contributed by atoms with van der Waals surface area (Å²) >= 11 is 1.04. The first-order valence-corrected chi connectivity index (χ1v) is 6.13. The summed E-state index contributed by atoms with van der Waals surface area (Å²) in [4.78, 5) is 21.3. The van der Waals surface area contributed by atoms with Crippen LogP contribution in [0.3, 0.4) is 0 Å². The molecule has 0 fully saturated rings. The van der Waals surface area contributed by atoms with Gasteiger partial charge in [-0.2, -0.15) is 0 Å². The summed E-state index contributed by atoms with van der Waals surface area (Å²) in [6.07, 6.45) is 0. The number of aromatic carboxylic acids is 1. The zero-order chi connectivity index (χ0) is 13.8. The first kappa shape index (κ1) is 13.0. The van der Waals surface area contributed by atoms with Gasteiger partial charge in [-0.25, -0.2) is 4.79 Å². The Kier molecular flexibility index (Phi) is 3.76. The number of hydrogen-bond acceptors (Lipinski definition) is 5. The van der Waals surface area contributed by atoms with Crippen LogP contribution >= 0.6 is 11.3 Å². The molecule has 0 bridgehead atoms. The molecule has 19 heavy (non-hydrogen) atoms. The van der Waals surface area contributed by atoms with Crippen molar-refractivity contribution in [2.24, 2.45) is 0 Å². The molecule has 0 saturated carbocycles. The van der Waals surface area contributed by atoms with E-state index in [1.165, 1.54) is 12.1 Å². The molecule has 0 atom stereocenters. The normalized spacial score (nSPS) is 10.1. The van der Waals surface area contributed by atoms with E-state index >= 15 is 0 Å². The van der Waals surface area contributed by atoms with Crippen molar-refractivity contribution in [3.8, 4) is 5.75 Å². The lowest BCUT2D eigenvalue weighted by Crippen LogP contribution is -2.02. The third-order valence-electron chi connectivity index (χ3n) is 2.39. The number of hydrogen-bond donors (Lipinski definition) is 1. The minimum atomic E-state index is -1.08. The van der Waals surface area contributed by atoms with Crippen molar-refractivity contribution < 1.29 is 19.6 Å². The summed E-state index contributed by atoms with van der Waals surface area (Å²) in [6, 6.07) is 7.71. The Labute approximate surface area is 112 Å². The Hall–Kier alpha value is -2.41. The molecule has 6 nitrogen and oxygen atoms in total. The Morgan fingerprint density at radius 3 is 2.79 bits per heavy atom. The lowest BCUT2D eigenvalue weighted by molar-refractivity contribution is -0.385. The second kappa shape index (κ2) is 5.49. The highest BCUT2D eigenvalue weighted by Gasteiger charge is 2.16. The SMILES string of the molecule is O=C(O)c1sccc1OCc1ccccc1[N+](=O)[O-]. The van der Waals surface area contributed by atoms with Crippen LogP contribution in [0.2, 0.25) is 0 Å². The second-order valence-corrected chi connectivity index (χ2v) is 4.51. The smallest absolute Gasteiger partial charge is 0.349 e. The monoisotopic (exact) mass is 279 g/mol. The lowest BCUT2D eigenvalue weighted by Gasteiger charge is -2.06. The molecule has 0 unspecified atom stereocenters. The van der Waals surface area contributed by atoms with Crippen molar-refractivity contribution in [2.75, 3.05) is 0 Å². The minimum Gasteiger partial charge on any atom is -0.487 e. The highest BCUT2D eigenvalue weighted by molar-refractivity contribution is 7.12. The van der Waals surface area contributed by atoms with E-state index < -0.39 is 10.9 Å². The number of para-hydroxylation sites is 1. The van der Waals surface area contributed by atoms with E-state index in [1.54, 1.807) is 23.6 Å². The molecule has 0 aliphatic heterocycles. The summed E-state index contributed by atoms with van der Waals surface area (Å²) in [7, 11) is 0. The summed E-state index contributed by atoms with van der Waals surface area (Å²) in [5, 5.41) is 21.3. The van der Waals surface area contributed by atoms with Crippen LogP contribution in [0.15, 0.2) is 35.7 Å². The predicted octanol–water partition coefficient (Wildman–Crippen LogP) is 2.93. The van der Waals surface area contributed by atoms with Gasteiger partial charge in [-0.15, -0.1) is 11.3 Å². The van der Waals surface area contributed by atoms with E-state index in [2.05, 4.69) is 0 Å². The summed E-state index contributed by atoms with van der Waals surface area (Å²) < 4.78 is 5.34. The average Bonchev–Trinajstić information content (AvgIpc) is 2.85. The number of benzene rings is 1. The zero-order valence-electron chi connectivity index (χ0n) is 9.61. The molecule has 0 aliphatic carbocycles. The summed E-state index contributed by atoms with van der Waals surface area (Å²) in [5.74, 6) is -0.858. The fourth-order valence-electron chi connectivity index (χ4n) is 1.53. The number of nitro groups is 1. The van der Waals surface area contributed by atoms with Gasteiger partial charge in [0.1, 0.15) is 12.4 Å². The van der Waals surface area contributed by atoms with Gasteiger partial charge >= 0.3 is 5.97 Å². The van der Waals surface area contributed by atoms with Crippen molar-refractivity contribution in [3.05, 3.63) is 56.3 Å². The van der Waals surface area contributed by atoms with Crippen LogP contribution in [0.4, 0.5) is 5.69 Å². The molecule has 0 amide bonds. The molecule has 98 valence electrons. The van der Waals surface area contributed by atoms with Gasteiger partial charge in [-0.05, 0) is 17.5 Å². The van der Waals surface area contributed by atoms with Gasteiger partial charge in [0, 0.05) is 6.07 Å². The molecule has 2 aromatic rings. The maximum absolute atomic E-state index is 10.9. The molecule has 1 N–H and O–H groups in total. The maximum Gasteiger partial charge on any atom is 0.349 e. The number of carboxylic acids is 1. The molecule has 0 spiro atoms. The van der Waals surface area contributed by atoms with E-state index in [0.29, 0.717) is 5.56 Å². The van der Waals surface area contributed by atoms with Crippen molar-refractivity contribution in [2.45, 2.75) is 6.61 Å². The molecule has 0 saturated heterocycles. The second-order valence-electron chi connectivity index (χ2n) is 3.59. The fraction of sp³-hybridized carbons (Fsp3) is 0.0833. The third kappa shape index (κ3) is 2.89. The Bertz CT molecular complexity index is 622. The molecule has 1 aromatic carbocycles. The molecular formula is C12H9NO5S. The van der Waals surface area contributed by atoms with E-state index in [9.17, 15) is 14.9 Å².